The molecule has 1 fully saturated rings. The second-order valence-electron chi connectivity index (χ2n) is 6.63. The molecule has 1 heterocycles. The lowest BCUT2D eigenvalue weighted by Crippen LogP contribution is -2.40. The number of furan rings is 1. The van der Waals surface area contributed by atoms with E-state index < -0.39 is 0 Å². The summed E-state index contributed by atoms with van der Waals surface area (Å²) in [4.78, 5) is 4.74. The molecular weight excluding hydrogens is 333 g/mol. The first-order chi connectivity index (χ1) is 12.7. The van der Waals surface area contributed by atoms with Crippen molar-refractivity contribution in [3.05, 3.63) is 59.8 Å². The summed E-state index contributed by atoms with van der Waals surface area (Å²) in [5.74, 6) is 1.50. The van der Waals surface area contributed by atoms with Gasteiger partial charge in [-0.15, -0.1) is 0 Å². The SMILES string of the molecule is COCCNC(=NCC1(c2cccc(F)c2)CC1)NCCc1ccco1. The molecule has 0 spiro atoms. The fourth-order valence-electron chi connectivity index (χ4n) is 2.94. The highest BCUT2D eigenvalue weighted by atomic mass is 19.1. The molecule has 26 heavy (non-hydrogen) atoms. The van der Waals surface area contributed by atoms with Gasteiger partial charge in [-0.1, -0.05) is 12.1 Å². The maximum Gasteiger partial charge on any atom is 0.191 e. The van der Waals surface area contributed by atoms with Crippen LogP contribution in [0.25, 0.3) is 0 Å². The van der Waals surface area contributed by atoms with Crippen molar-refractivity contribution in [1.29, 1.82) is 0 Å². The normalized spacial score (nSPS) is 15.7. The summed E-state index contributed by atoms with van der Waals surface area (Å²) in [6.45, 7) is 2.64. The molecule has 0 unspecified atom stereocenters. The number of rotatable bonds is 9. The Morgan fingerprint density at radius 2 is 2.08 bits per heavy atom. The fraction of sp³-hybridized carbons (Fsp3) is 0.450. The Morgan fingerprint density at radius 1 is 1.23 bits per heavy atom. The van der Waals surface area contributed by atoms with Gasteiger partial charge < -0.3 is 19.8 Å². The van der Waals surface area contributed by atoms with E-state index >= 15 is 0 Å². The van der Waals surface area contributed by atoms with Crippen LogP contribution in [-0.4, -0.2) is 39.3 Å². The number of methoxy groups -OCH3 is 1. The maximum absolute atomic E-state index is 13.5. The lowest BCUT2D eigenvalue weighted by molar-refractivity contribution is 0.203. The second kappa shape index (κ2) is 8.85. The number of nitrogens with zero attached hydrogens (tertiary/aromatic N) is 1. The number of hydrogen-bond donors (Lipinski definition) is 2. The largest absolute Gasteiger partial charge is 0.469 e. The molecule has 1 aromatic carbocycles. The standard InChI is InChI=1S/C20H26FN3O2/c1-25-13-11-23-19(22-10-7-18-6-3-12-26-18)24-15-20(8-9-20)16-4-2-5-17(21)14-16/h2-6,12,14H,7-11,13,15H2,1H3,(H2,22,23,24). The van der Waals surface area contributed by atoms with Crippen molar-refractivity contribution in [2.24, 2.45) is 4.99 Å². The molecule has 1 saturated carbocycles. The minimum Gasteiger partial charge on any atom is -0.469 e. The van der Waals surface area contributed by atoms with Gasteiger partial charge in [0.2, 0.25) is 0 Å². The summed E-state index contributed by atoms with van der Waals surface area (Å²) >= 11 is 0. The molecule has 3 rings (SSSR count). The Labute approximate surface area is 153 Å². The molecule has 0 atom stereocenters. The first-order valence-electron chi connectivity index (χ1n) is 9.01. The molecule has 1 aliphatic rings. The van der Waals surface area contributed by atoms with E-state index in [2.05, 4.69) is 10.6 Å². The molecule has 0 amide bonds. The summed E-state index contributed by atoms with van der Waals surface area (Å²) in [6, 6.07) is 10.7. The van der Waals surface area contributed by atoms with Gasteiger partial charge in [0.05, 0.1) is 19.4 Å². The summed E-state index contributed by atoms with van der Waals surface area (Å²) < 4.78 is 24.0. The number of benzene rings is 1. The Bertz CT molecular complexity index is 712. The zero-order chi connectivity index (χ0) is 18.2. The Kier molecular flexibility index (Phi) is 6.28. The van der Waals surface area contributed by atoms with Crippen molar-refractivity contribution in [2.45, 2.75) is 24.7 Å². The average molecular weight is 359 g/mol. The first kappa shape index (κ1) is 18.5. The van der Waals surface area contributed by atoms with Crippen LogP contribution in [0.3, 0.4) is 0 Å². The van der Waals surface area contributed by atoms with E-state index in [-0.39, 0.29) is 11.2 Å². The van der Waals surface area contributed by atoms with E-state index in [4.69, 9.17) is 14.1 Å². The van der Waals surface area contributed by atoms with Gasteiger partial charge in [0.15, 0.2) is 5.96 Å². The first-order valence-corrected chi connectivity index (χ1v) is 9.01. The van der Waals surface area contributed by atoms with E-state index in [0.717, 1.165) is 43.1 Å². The minimum absolute atomic E-state index is 0.0288. The zero-order valence-corrected chi connectivity index (χ0v) is 15.1. The number of halogens is 1. The lowest BCUT2D eigenvalue weighted by atomic mass is 9.96. The molecule has 0 bridgehead atoms. The summed E-state index contributed by atoms with van der Waals surface area (Å²) in [5.41, 5.74) is 1.01. The molecule has 0 radical (unpaired) electrons. The van der Waals surface area contributed by atoms with Crippen LogP contribution in [0.2, 0.25) is 0 Å². The van der Waals surface area contributed by atoms with Crippen molar-refractivity contribution < 1.29 is 13.5 Å². The smallest absolute Gasteiger partial charge is 0.191 e. The lowest BCUT2D eigenvalue weighted by Gasteiger charge is -2.16. The molecule has 0 aliphatic heterocycles. The van der Waals surface area contributed by atoms with Crippen LogP contribution in [-0.2, 0) is 16.6 Å². The zero-order valence-electron chi connectivity index (χ0n) is 15.1. The topological polar surface area (TPSA) is 58.8 Å². The van der Waals surface area contributed by atoms with Gasteiger partial charge in [0.1, 0.15) is 11.6 Å². The van der Waals surface area contributed by atoms with Crippen LogP contribution in [0.4, 0.5) is 4.39 Å². The van der Waals surface area contributed by atoms with Gasteiger partial charge in [0, 0.05) is 32.0 Å². The van der Waals surface area contributed by atoms with Crippen LogP contribution >= 0.6 is 0 Å². The van der Waals surface area contributed by atoms with E-state index in [9.17, 15) is 4.39 Å². The van der Waals surface area contributed by atoms with E-state index in [0.29, 0.717) is 19.7 Å². The predicted molar refractivity (Wildman–Crippen MR) is 99.9 cm³/mol. The Balaban J connectivity index is 1.59. The molecule has 6 heteroatoms. The predicted octanol–water partition coefficient (Wildman–Crippen LogP) is 2.87. The third kappa shape index (κ3) is 5.08. The molecule has 2 N–H and O–H groups in total. The Morgan fingerprint density at radius 3 is 2.77 bits per heavy atom. The highest BCUT2D eigenvalue weighted by molar-refractivity contribution is 5.79. The maximum atomic E-state index is 13.5. The number of nitrogens with one attached hydrogen (secondary N) is 2. The number of guanidine groups is 1. The number of aliphatic imine (C=N–C) groups is 1. The third-order valence-electron chi connectivity index (χ3n) is 4.67. The van der Waals surface area contributed by atoms with Gasteiger partial charge >= 0.3 is 0 Å². The molecule has 5 nitrogen and oxygen atoms in total. The average Bonchev–Trinajstić information content (AvgIpc) is 3.26. The summed E-state index contributed by atoms with van der Waals surface area (Å²) in [6.07, 6.45) is 4.54. The molecule has 1 aliphatic carbocycles. The quantitative estimate of drug-likeness (QED) is 0.411. The summed E-state index contributed by atoms with van der Waals surface area (Å²) in [7, 11) is 1.67. The van der Waals surface area contributed by atoms with E-state index in [1.54, 1.807) is 25.5 Å². The molecule has 140 valence electrons. The molecule has 0 saturated heterocycles. The fourth-order valence-corrected chi connectivity index (χ4v) is 2.94. The van der Waals surface area contributed by atoms with Crippen molar-refractivity contribution in [1.82, 2.24) is 10.6 Å². The van der Waals surface area contributed by atoms with Gasteiger partial charge in [-0.25, -0.2) is 4.39 Å². The number of ether oxygens (including phenoxy) is 1. The van der Waals surface area contributed by atoms with Crippen LogP contribution < -0.4 is 10.6 Å². The van der Waals surface area contributed by atoms with Crippen molar-refractivity contribution in [3.8, 4) is 0 Å². The van der Waals surface area contributed by atoms with Crippen LogP contribution in [0.1, 0.15) is 24.2 Å². The van der Waals surface area contributed by atoms with Crippen molar-refractivity contribution >= 4 is 5.96 Å². The number of hydrogen-bond acceptors (Lipinski definition) is 3. The van der Waals surface area contributed by atoms with Crippen LogP contribution in [0.15, 0.2) is 52.1 Å². The highest BCUT2D eigenvalue weighted by Gasteiger charge is 2.44. The second-order valence-corrected chi connectivity index (χ2v) is 6.63. The molecular formula is C20H26FN3O2. The third-order valence-corrected chi connectivity index (χ3v) is 4.67. The summed E-state index contributed by atoms with van der Waals surface area (Å²) in [5, 5.41) is 6.60. The highest BCUT2D eigenvalue weighted by Crippen LogP contribution is 2.48. The van der Waals surface area contributed by atoms with Gasteiger partial charge in [0.25, 0.3) is 0 Å². The van der Waals surface area contributed by atoms with Crippen molar-refractivity contribution in [3.63, 3.8) is 0 Å². The van der Waals surface area contributed by atoms with E-state index in [1.807, 2.05) is 18.2 Å². The van der Waals surface area contributed by atoms with Gasteiger partial charge in [-0.2, -0.15) is 0 Å². The van der Waals surface area contributed by atoms with E-state index in [1.165, 1.54) is 6.07 Å². The van der Waals surface area contributed by atoms with Crippen molar-refractivity contribution in [2.75, 3.05) is 33.4 Å². The van der Waals surface area contributed by atoms with Gasteiger partial charge in [-0.3, -0.25) is 4.99 Å². The minimum atomic E-state index is -0.187. The monoisotopic (exact) mass is 359 g/mol. The molecule has 2 aromatic rings. The van der Waals surface area contributed by atoms with Crippen LogP contribution in [0, 0.1) is 5.82 Å². The van der Waals surface area contributed by atoms with Gasteiger partial charge in [-0.05, 0) is 42.7 Å². The molecule has 1 aromatic heterocycles. The van der Waals surface area contributed by atoms with Crippen LogP contribution in [0.5, 0.6) is 0 Å². The Hall–Kier alpha value is -2.34.